The molecule has 0 aliphatic carbocycles. The van der Waals surface area contributed by atoms with Gasteiger partial charge < -0.3 is 14.6 Å². The lowest BCUT2D eigenvalue weighted by Gasteiger charge is -2.21. The number of ether oxygens (including phenoxy) is 2. The second-order valence-corrected chi connectivity index (χ2v) is 4.26. The molecule has 0 aromatic heterocycles. The summed E-state index contributed by atoms with van der Waals surface area (Å²) in [6, 6.07) is 2.64. The second kappa shape index (κ2) is 4.85. The zero-order valence-electron chi connectivity index (χ0n) is 9.13. The van der Waals surface area contributed by atoms with Crippen LogP contribution in [-0.2, 0) is 0 Å². The molecule has 0 amide bonds. The summed E-state index contributed by atoms with van der Waals surface area (Å²) >= 11 is 5.82. The van der Waals surface area contributed by atoms with Crippen LogP contribution >= 0.6 is 11.6 Å². The van der Waals surface area contributed by atoms with Crippen molar-refractivity contribution in [1.82, 2.24) is 0 Å². The smallest absolute Gasteiger partial charge is 0.391 e. The molecule has 0 radical (unpaired) electrons. The lowest BCUT2D eigenvalue weighted by molar-refractivity contribution is -0.154. The number of halogens is 4. The van der Waals surface area contributed by atoms with Gasteiger partial charge in [0.25, 0.3) is 0 Å². The van der Waals surface area contributed by atoms with Gasteiger partial charge in [-0.05, 0) is 6.07 Å². The minimum atomic E-state index is -4.46. The molecule has 1 aliphatic rings. The Bertz CT molecular complexity index is 448. The van der Waals surface area contributed by atoms with E-state index in [1.807, 2.05) is 0 Å². The molecule has 1 atom stereocenters. The summed E-state index contributed by atoms with van der Waals surface area (Å²) in [6.45, 7) is 0.664. The third-order valence-corrected chi connectivity index (χ3v) is 2.77. The summed E-state index contributed by atoms with van der Waals surface area (Å²) in [6.07, 6.45) is -7.53. The highest BCUT2D eigenvalue weighted by molar-refractivity contribution is 6.31. The third kappa shape index (κ3) is 3.00. The zero-order valence-corrected chi connectivity index (χ0v) is 9.88. The highest BCUT2D eigenvalue weighted by Crippen LogP contribution is 2.40. The molecule has 1 aromatic rings. The standard InChI is InChI=1S/C11H10ClF3O3/c12-7-4-10-9(17-1-2-18-10)3-6(7)8(16)5-11(13,14)15/h3-4,8,16H,1-2,5H2. The summed E-state index contributed by atoms with van der Waals surface area (Å²) in [5, 5.41) is 9.56. The van der Waals surface area contributed by atoms with Crippen molar-refractivity contribution in [1.29, 1.82) is 0 Å². The molecule has 2 rings (SSSR count). The van der Waals surface area contributed by atoms with Gasteiger partial charge in [-0.1, -0.05) is 11.6 Å². The number of benzene rings is 1. The van der Waals surface area contributed by atoms with E-state index >= 15 is 0 Å². The van der Waals surface area contributed by atoms with Gasteiger partial charge in [0.15, 0.2) is 11.5 Å². The maximum absolute atomic E-state index is 12.2. The fraction of sp³-hybridized carbons (Fsp3) is 0.455. The lowest BCUT2D eigenvalue weighted by Crippen LogP contribution is -2.17. The minimum absolute atomic E-state index is 0.0155. The largest absolute Gasteiger partial charge is 0.486 e. The molecule has 100 valence electrons. The normalized spacial score (nSPS) is 16.5. The Morgan fingerprint density at radius 2 is 1.78 bits per heavy atom. The summed E-state index contributed by atoms with van der Waals surface area (Å²) < 4.78 is 47.1. The summed E-state index contributed by atoms with van der Waals surface area (Å²) in [5.74, 6) is 0.663. The van der Waals surface area contributed by atoms with Gasteiger partial charge >= 0.3 is 6.18 Å². The van der Waals surface area contributed by atoms with Crippen molar-refractivity contribution in [2.75, 3.05) is 13.2 Å². The Hall–Kier alpha value is -1.14. The Kier molecular flexibility index (Phi) is 3.59. The highest BCUT2D eigenvalue weighted by atomic mass is 35.5. The maximum atomic E-state index is 12.2. The Balaban J connectivity index is 2.27. The monoisotopic (exact) mass is 282 g/mol. The highest BCUT2D eigenvalue weighted by Gasteiger charge is 2.33. The number of aliphatic hydroxyl groups excluding tert-OH is 1. The van der Waals surface area contributed by atoms with E-state index in [4.69, 9.17) is 21.1 Å². The van der Waals surface area contributed by atoms with Gasteiger partial charge in [0, 0.05) is 11.6 Å². The predicted molar refractivity (Wildman–Crippen MR) is 58.1 cm³/mol. The Morgan fingerprint density at radius 1 is 1.22 bits per heavy atom. The molecule has 0 saturated heterocycles. The van der Waals surface area contributed by atoms with E-state index in [1.54, 1.807) is 0 Å². The van der Waals surface area contributed by atoms with E-state index in [0.29, 0.717) is 24.7 Å². The van der Waals surface area contributed by atoms with Gasteiger partial charge in [0.05, 0.1) is 17.5 Å². The predicted octanol–water partition coefficient (Wildman–Crippen LogP) is 3.10. The Morgan fingerprint density at radius 3 is 2.33 bits per heavy atom. The number of rotatable bonds is 2. The SMILES string of the molecule is OC(CC(F)(F)F)c1cc2c(cc1Cl)OCCO2. The van der Waals surface area contributed by atoms with Crippen molar-refractivity contribution in [3.05, 3.63) is 22.7 Å². The average molecular weight is 283 g/mol. The molecule has 1 heterocycles. The van der Waals surface area contributed by atoms with Crippen LogP contribution in [-0.4, -0.2) is 24.5 Å². The van der Waals surface area contributed by atoms with E-state index in [9.17, 15) is 18.3 Å². The Labute approximate surface area is 106 Å². The van der Waals surface area contributed by atoms with E-state index < -0.39 is 18.7 Å². The number of hydrogen-bond acceptors (Lipinski definition) is 3. The van der Waals surface area contributed by atoms with E-state index in [1.165, 1.54) is 12.1 Å². The van der Waals surface area contributed by atoms with Crippen molar-refractivity contribution in [3.8, 4) is 11.5 Å². The first-order valence-electron chi connectivity index (χ1n) is 5.20. The van der Waals surface area contributed by atoms with Crippen LogP contribution in [0.1, 0.15) is 18.1 Å². The fourth-order valence-corrected chi connectivity index (χ4v) is 1.94. The number of aliphatic hydroxyl groups is 1. The minimum Gasteiger partial charge on any atom is -0.486 e. The first kappa shape index (κ1) is 13.3. The fourth-order valence-electron chi connectivity index (χ4n) is 1.66. The van der Waals surface area contributed by atoms with Crippen LogP contribution in [0.2, 0.25) is 5.02 Å². The molecule has 18 heavy (non-hydrogen) atoms. The van der Waals surface area contributed by atoms with Crippen molar-refractivity contribution in [2.45, 2.75) is 18.7 Å². The van der Waals surface area contributed by atoms with Gasteiger partial charge in [0.2, 0.25) is 0 Å². The van der Waals surface area contributed by atoms with Gasteiger partial charge in [-0.15, -0.1) is 0 Å². The molecule has 1 unspecified atom stereocenters. The molecule has 0 spiro atoms. The first-order chi connectivity index (χ1) is 8.37. The van der Waals surface area contributed by atoms with Crippen molar-refractivity contribution in [2.24, 2.45) is 0 Å². The third-order valence-electron chi connectivity index (χ3n) is 2.45. The van der Waals surface area contributed by atoms with E-state index in [2.05, 4.69) is 0 Å². The van der Waals surface area contributed by atoms with Crippen LogP contribution in [0.15, 0.2) is 12.1 Å². The number of alkyl halides is 3. The molecule has 0 saturated carbocycles. The second-order valence-electron chi connectivity index (χ2n) is 3.85. The number of fused-ring (bicyclic) bond motifs is 1. The molecule has 1 aromatic carbocycles. The molecule has 7 heteroatoms. The van der Waals surface area contributed by atoms with Crippen LogP contribution in [0.5, 0.6) is 11.5 Å². The van der Waals surface area contributed by atoms with Crippen LogP contribution in [0.4, 0.5) is 13.2 Å². The molecular formula is C11H10ClF3O3. The molecule has 0 fully saturated rings. The van der Waals surface area contributed by atoms with Gasteiger partial charge in [-0.2, -0.15) is 13.2 Å². The van der Waals surface area contributed by atoms with Crippen LogP contribution in [0.3, 0.4) is 0 Å². The molecule has 1 aliphatic heterocycles. The van der Waals surface area contributed by atoms with Gasteiger partial charge in [-0.3, -0.25) is 0 Å². The van der Waals surface area contributed by atoms with Crippen molar-refractivity contribution < 1.29 is 27.8 Å². The maximum Gasteiger partial charge on any atom is 0.391 e. The lowest BCUT2D eigenvalue weighted by atomic mass is 10.1. The van der Waals surface area contributed by atoms with E-state index in [0.717, 1.165) is 0 Å². The molecule has 3 nitrogen and oxygen atoms in total. The van der Waals surface area contributed by atoms with Gasteiger partial charge in [0.1, 0.15) is 13.2 Å². The van der Waals surface area contributed by atoms with Crippen LogP contribution < -0.4 is 9.47 Å². The molecule has 1 N–H and O–H groups in total. The van der Waals surface area contributed by atoms with Gasteiger partial charge in [-0.25, -0.2) is 0 Å². The first-order valence-corrected chi connectivity index (χ1v) is 5.58. The zero-order chi connectivity index (χ0) is 13.3. The average Bonchev–Trinajstić information content (AvgIpc) is 2.25. The van der Waals surface area contributed by atoms with E-state index in [-0.39, 0.29) is 10.6 Å². The summed E-state index contributed by atoms with van der Waals surface area (Å²) in [4.78, 5) is 0. The van der Waals surface area contributed by atoms with Crippen molar-refractivity contribution in [3.63, 3.8) is 0 Å². The molecule has 0 bridgehead atoms. The van der Waals surface area contributed by atoms with Crippen LogP contribution in [0.25, 0.3) is 0 Å². The quantitative estimate of drug-likeness (QED) is 0.906. The summed E-state index contributed by atoms with van der Waals surface area (Å²) in [5.41, 5.74) is -0.0155. The number of hydrogen-bond donors (Lipinski definition) is 1. The summed E-state index contributed by atoms with van der Waals surface area (Å²) in [7, 11) is 0. The molecular weight excluding hydrogens is 273 g/mol. The van der Waals surface area contributed by atoms with Crippen LogP contribution in [0, 0.1) is 0 Å². The van der Waals surface area contributed by atoms with Crippen molar-refractivity contribution >= 4 is 11.6 Å². The topological polar surface area (TPSA) is 38.7 Å².